The number of rotatable bonds is 6. The maximum Gasteiger partial charge on any atom is 0.269 e. The summed E-state index contributed by atoms with van der Waals surface area (Å²) >= 11 is 5.04. The number of amides is 1. The highest BCUT2D eigenvalue weighted by molar-refractivity contribution is 7.80. The van der Waals surface area contributed by atoms with Crippen LogP contribution < -0.4 is 20.9 Å². The molecule has 1 rings (SSSR count). The molecule has 0 aromatic heterocycles. The zero-order chi connectivity index (χ0) is 16.5. The molecule has 0 aliphatic carbocycles. The number of methoxy groups -OCH3 is 1. The van der Waals surface area contributed by atoms with Crippen molar-refractivity contribution in [3.05, 3.63) is 29.3 Å². The molecule has 0 saturated carbocycles. The van der Waals surface area contributed by atoms with Crippen LogP contribution in [-0.4, -0.2) is 30.8 Å². The summed E-state index contributed by atoms with van der Waals surface area (Å²) in [5, 5.41) is 3.34. The lowest BCUT2D eigenvalue weighted by atomic mass is 10.1. The van der Waals surface area contributed by atoms with Crippen molar-refractivity contribution in [2.24, 2.45) is 0 Å². The Hall–Kier alpha value is -1.86. The molecule has 0 spiro atoms. The third-order valence-electron chi connectivity index (χ3n) is 2.71. The fourth-order valence-corrected chi connectivity index (χ4v) is 2.02. The van der Waals surface area contributed by atoms with Gasteiger partial charge in [-0.15, -0.1) is 0 Å². The van der Waals surface area contributed by atoms with Crippen LogP contribution in [0.15, 0.2) is 18.2 Å². The van der Waals surface area contributed by atoms with E-state index in [0.717, 1.165) is 5.56 Å². The molecule has 0 unspecified atom stereocenters. The molecule has 1 aromatic carbocycles. The topological polar surface area (TPSA) is 71.6 Å². The summed E-state index contributed by atoms with van der Waals surface area (Å²) in [6.45, 7) is 6.81. The molecule has 3 N–H and O–H groups in total. The fourth-order valence-electron chi connectivity index (χ4n) is 1.73. The van der Waals surface area contributed by atoms with Crippen LogP contribution in [0.2, 0.25) is 0 Å². The van der Waals surface area contributed by atoms with E-state index in [9.17, 15) is 4.79 Å². The van der Waals surface area contributed by atoms with Crippen LogP contribution in [0.5, 0.6) is 5.75 Å². The number of nitrogens with one attached hydrogen (secondary N) is 3. The lowest BCUT2D eigenvalue weighted by Gasteiger charge is -2.14. The molecule has 1 amide bonds. The maximum absolute atomic E-state index is 12.1. The van der Waals surface area contributed by atoms with Crippen molar-refractivity contribution in [1.29, 1.82) is 0 Å². The Bertz CT molecular complexity index is 521. The number of benzene rings is 1. The first-order valence-electron chi connectivity index (χ1n) is 7.09. The zero-order valence-electron chi connectivity index (χ0n) is 13.4. The minimum absolute atomic E-state index is 0.190. The van der Waals surface area contributed by atoms with Crippen molar-refractivity contribution in [2.75, 3.05) is 13.7 Å². The second kappa shape index (κ2) is 9.22. The van der Waals surface area contributed by atoms with Gasteiger partial charge >= 0.3 is 0 Å². The van der Waals surface area contributed by atoms with Crippen molar-refractivity contribution < 1.29 is 14.3 Å². The highest BCUT2D eigenvalue weighted by Crippen LogP contribution is 2.20. The van der Waals surface area contributed by atoms with E-state index in [4.69, 9.17) is 21.7 Å². The van der Waals surface area contributed by atoms with E-state index in [1.165, 1.54) is 0 Å². The molecule has 0 radical (unpaired) electrons. The number of carbonyl (C=O) groups excluding carboxylic acids is 1. The molecule has 0 heterocycles. The van der Waals surface area contributed by atoms with Crippen LogP contribution in [0.1, 0.15) is 36.7 Å². The highest BCUT2D eigenvalue weighted by atomic mass is 32.1. The Morgan fingerprint density at radius 1 is 1.32 bits per heavy atom. The summed E-state index contributed by atoms with van der Waals surface area (Å²) in [7, 11) is 1.59. The molecule has 7 heteroatoms. The van der Waals surface area contributed by atoms with E-state index >= 15 is 0 Å². The van der Waals surface area contributed by atoms with Crippen LogP contribution in [0.4, 0.5) is 0 Å². The molecule has 22 heavy (non-hydrogen) atoms. The van der Waals surface area contributed by atoms with E-state index in [-0.39, 0.29) is 11.9 Å². The molecular formula is C15H23N3O3S. The van der Waals surface area contributed by atoms with Crippen molar-refractivity contribution >= 4 is 23.2 Å². The number of hydrogen-bond donors (Lipinski definition) is 3. The molecule has 122 valence electrons. The average molecular weight is 325 g/mol. The molecule has 1 aromatic rings. The van der Waals surface area contributed by atoms with Gasteiger partial charge in [0.1, 0.15) is 5.75 Å². The zero-order valence-corrected chi connectivity index (χ0v) is 14.2. The van der Waals surface area contributed by atoms with Gasteiger partial charge in [-0.2, -0.15) is 0 Å². The summed E-state index contributed by atoms with van der Waals surface area (Å²) in [5.74, 6) is 0.406. The summed E-state index contributed by atoms with van der Waals surface area (Å²) < 4.78 is 10.6. The third kappa shape index (κ3) is 5.87. The van der Waals surface area contributed by atoms with E-state index in [1.807, 2.05) is 20.8 Å². The predicted octanol–water partition coefficient (Wildman–Crippen LogP) is 1.75. The van der Waals surface area contributed by atoms with Gasteiger partial charge in [0.05, 0.1) is 13.7 Å². The first-order chi connectivity index (χ1) is 10.5. The number of hydrogen-bond acceptors (Lipinski definition) is 4. The van der Waals surface area contributed by atoms with Crippen molar-refractivity contribution in [1.82, 2.24) is 16.2 Å². The van der Waals surface area contributed by atoms with Gasteiger partial charge in [0, 0.05) is 23.8 Å². The first-order valence-corrected chi connectivity index (χ1v) is 7.50. The van der Waals surface area contributed by atoms with Crippen molar-refractivity contribution in [3.8, 4) is 5.75 Å². The summed E-state index contributed by atoms with van der Waals surface area (Å²) in [5.41, 5.74) is 6.53. The van der Waals surface area contributed by atoms with Crippen LogP contribution in [0.3, 0.4) is 0 Å². The van der Waals surface area contributed by atoms with E-state index in [0.29, 0.717) is 29.6 Å². The third-order valence-corrected chi connectivity index (χ3v) is 2.93. The molecule has 0 saturated heterocycles. The van der Waals surface area contributed by atoms with Gasteiger partial charge in [-0.05, 0) is 51.2 Å². The predicted molar refractivity (Wildman–Crippen MR) is 89.8 cm³/mol. The Kier molecular flexibility index (Phi) is 7.62. The lowest BCUT2D eigenvalue weighted by molar-refractivity contribution is 0.0943. The fraction of sp³-hybridized carbons (Fsp3) is 0.467. The Morgan fingerprint density at radius 2 is 2.05 bits per heavy atom. The second-order valence-electron chi connectivity index (χ2n) is 4.87. The largest absolute Gasteiger partial charge is 0.496 e. The van der Waals surface area contributed by atoms with Gasteiger partial charge in [0.25, 0.3) is 5.91 Å². The lowest BCUT2D eigenvalue weighted by Crippen LogP contribution is -2.48. The van der Waals surface area contributed by atoms with Crippen LogP contribution in [-0.2, 0) is 11.3 Å². The van der Waals surface area contributed by atoms with Crippen molar-refractivity contribution in [3.63, 3.8) is 0 Å². The van der Waals surface area contributed by atoms with Gasteiger partial charge in [-0.3, -0.25) is 15.6 Å². The number of ether oxygens (including phenoxy) is 2. The molecule has 0 bridgehead atoms. The number of carbonyl (C=O) groups is 1. The van der Waals surface area contributed by atoms with Gasteiger partial charge in [0.15, 0.2) is 5.11 Å². The monoisotopic (exact) mass is 325 g/mol. The normalized spacial score (nSPS) is 10.2. The van der Waals surface area contributed by atoms with E-state index in [2.05, 4.69) is 16.2 Å². The smallest absolute Gasteiger partial charge is 0.269 e. The Morgan fingerprint density at radius 3 is 2.64 bits per heavy atom. The van der Waals surface area contributed by atoms with Gasteiger partial charge in [-0.1, -0.05) is 0 Å². The van der Waals surface area contributed by atoms with Crippen LogP contribution in [0.25, 0.3) is 0 Å². The number of thiocarbonyl (C=S) groups is 1. The van der Waals surface area contributed by atoms with Gasteiger partial charge < -0.3 is 14.8 Å². The minimum atomic E-state index is -0.284. The van der Waals surface area contributed by atoms with Gasteiger partial charge in [0.2, 0.25) is 0 Å². The summed E-state index contributed by atoms with van der Waals surface area (Å²) in [6, 6.07) is 5.36. The summed E-state index contributed by atoms with van der Waals surface area (Å²) in [6.07, 6.45) is 0. The van der Waals surface area contributed by atoms with E-state index in [1.54, 1.807) is 25.3 Å². The molecular weight excluding hydrogens is 302 g/mol. The molecule has 0 aliphatic heterocycles. The summed E-state index contributed by atoms with van der Waals surface area (Å²) in [4.78, 5) is 12.1. The highest BCUT2D eigenvalue weighted by Gasteiger charge is 2.11. The standard InChI is InChI=1S/C15H23N3O3S/c1-5-21-9-12-8-11(6-7-13(12)20-4)14(19)17-18-15(22)16-10(2)3/h6-8,10H,5,9H2,1-4H3,(H,17,19)(H2,16,18,22). The first kappa shape index (κ1) is 18.2. The minimum Gasteiger partial charge on any atom is -0.496 e. The second-order valence-corrected chi connectivity index (χ2v) is 5.28. The molecule has 6 nitrogen and oxygen atoms in total. The van der Waals surface area contributed by atoms with Crippen molar-refractivity contribution in [2.45, 2.75) is 33.4 Å². The quantitative estimate of drug-likeness (QED) is 0.547. The average Bonchev–Trinajstić information content (AvgIpc) is 2.49. The van der Waals surface area contributed by atoms with Gasteiger partial charge in [-0.25, -0.2) is 0 Å². The number of hydrazine groups is 1. The Balaban J connectivity index is 2.70. The molecule has 0 atom stereocenters. The van der Waals surface area contributed by atoms with Crippen LogP contribution >= 0.6 is 12.2 Å². The SMILES string of the molecule is CCOCc1cc(C(=O)NNC(=S)NC(C)C)ccc1OC. The Labute approximate surface area is 136 Å². The molecule has 0 fully saturated rings. The molecule has 0 aliphatic rings. The maximum atomic E-state index is 12.1. The van der Waals surface area contributed by atoms with Crippen LogP contribution in [0, 0.1) is 0 Å². The van der Waals surface area contributed by atoms with E-state index < -0.39 is 0 Å².